The largest absolute Gasteiger partial charge is 0.392 e. The van der Waals surface area contributed by atoms with Crippen LogP contribution in [0.15, 0.2) is 18.2 Å². The average molecular weight is 278 g/mol. The van der Waals surface area contributed by atoms with E-state index in [2.05, 4.69) is 15.9 Å². The zero-order valence-corrected chi connectivity index (χ0v) is 9.81. The fraction of sp³-hybridized carbons (Fsp3) is 0.300. The van der Waals surface area contributed by atoms with Gasteiger partial charge in [-0.25, -0.2) is 0 Å². The molecule has 4 heteroatoms. The second-order valence-electron chi connectivity index (χ2n) is 2.83. The van der Waals surface area contributed by atoms with E-state index in [9.17, 15) is 4.79 Å². The number of benzene rings is 1. The molecule has 0 fully saturated rings. The number of halogens is 2. The van der Waals surface area contributed by atoms with Crippen LogP contribution in [0.2, 0.25) is 5.02 Å². The van der Waals surface area contributed by atoms with Crippen LogP contribution in [0.5, 0.6) is 0 Å². The van der Waals surface area contributed by atoms with Gasteiger partial charge in [0, 0.05) is 17.3 Å². The van der Waals surface area contributed by atoms with Crippen LogP contribution in [0.25, 0.3) is 0 Å². The molecule has 0 aromatic heterocycles. The molecule has 14 heavy (non-hydrogen) atoms. The Hall–Kier alpha value is -0.380. The molecule has 0 aliphatic carbocycles. The van der Waals surface area contributed by atoms with Crippen LogP contribution in [0.4, 0.5) is 0 Å². The van der Waals surface area contributed by atoms with E-state index < -0.39 is 0 Å². The summed E-state index contributed by atoms with van der Waals surface area (Å²) in [6, 6.07) is 4.97. The summed E-state index contributed by atoms with van der Waals surface area (Å²) < 4.78 is 0. The normalized spacial score (nSPS) is 10.2. The molecule has 1 rings (SSSR count). The van der Waals surface area contributed by atoms with E-state index in [0.717, 1.165) is 0 Å². The van der Waals surface area contributed by atoms with Gasteiger partial charge in [-0.05, 0) is 17.7 Å². The van der Waals surface area contributed by atoms with Gasteiger partial charge in [0.2, 0.25) is 0 Å². The molecule has 2 nitrogen and oxygen atoms in total. The van der Waals surface area contributed by atoms with E-state index in [4.69, 9.17) is 16.7 Å². The van der Waals surface area contributed by atoms with Crippen molar-refractivity contribution in [2.45, 2.75) is 13.0 Å². The van der Waals surface area contributed by atoms with Gasteiger partial charge in [0.05, 0.1) is 11.6 Å². The van der Waals surface area contributed by atoms with Gasteiger partial charge in [-0.15, -0.1) is 0 Å². The Morgan fingerprint density at radius 3 is 2.79 bits per heavy atom. The van der Waals surface area contributed by atoms with Gasteiger partial charge in [-0.2, -0.15) is 0 Å². The maximum atomic E-state index is 11.5. The van der Waals surface area contributed by atoms with Crippen molar-refractivity contribution in [1.29, 1.82) is 0 Å². The number of carbonyl (C=O) groups excluding carboxylic acids is 1. The molecule has 0 amide bonds. The number of ketones is 1. The second kappa shape index (κ2) is 5.49. The van der Waals surface area contributed by atoms with Crippen LogP contribution in [-0.2, 0) is 6.61 Å². The van der Waals surface area contributed by atoms with Crippen LogP contribution in [0, 0.1) is 0 Å². The summed E-state index contributed by atoms with van der Waals surface area (Å²) in [6.07, 6.45) is 0.411. The molecule has 0 saturated heterocycles. The fourth-order valence-corrected chi connectivity index (χ4v) is 1.69. The van der Waals surface area contributed by atoms with Gasteiger partial charge in [0.1, 0.15) is 0 Å². The first-order valence-electron chi connectivity index (χ1n) is 4.17. The minimum absolute atomic E-state index is 0.0119. The lowest BCUT2D eigenvalue weighted by Crippen LogP contribution is -2.01. The summed E-state index contributed by atoms with van der Waals surface area (Å²) in [6.45, 7) is -0.0776. The molecular weight excluding hydrogens is 267 g/mol. The summed E-state index contributed by atoms with van der Waals surface area (Å²) in [5.74, 6) is -0.0119. The standard InChI is InChI=1S/C10H10BrClO2/c11-4-3-10(14)8-5-7(6-13)1-2-9(8)12/h1-2,5,13H,3-4,6H2. The van der Waals surface area contributed by atoms with Crippen LogP contribution >= 0.6 is 27.5 Å². The Morgan fingerprint density at radius 2 is 2.21 bits per heavy atom. The van der Waals surface area contributed by atoms with Crippen molar-refractivity contribution >= 4 is 33.3 Å². The third-order valence-corrected chi connectivity index (χ3v) is 2.56. The third kappa shape index (κ3) is 2.80. The second-order valence-corrected chi connectivity index (χ2v) is 4.03. The first-order chi connectivity index (χ1) is 6.69. The Balaban J connectivity index is 2.99. The lowest BCUT2D eigenvalue weighted by atomic mass is 10.1. The van der Waals surface area contributed by atoms with Gasteiger partial charge in [-0.3, -0.25) is 4.79 Å². The Bertz CT molecular complexity index is 339. The average Bonchev–Trinajstić information content (AvgIpc) is 2.19. The van der Waals surface area contributed by atoms with Crippen LogP contribution in [0.1, 0.15) is 22.3 Å². The van der Waals surface area contributed by atoms with Gasteiger partial charge in [0.15, 0.2) is 5.78 Å². The van der Waals surface area contributed by atoms with Crippen molar-refractivity contribution in [3.05, 3.63) is 34.3 Å². The molecule has 0 spiro atoms. The smallest absolute Gasteiger partial charge is 0.165 e. The maximum absolute atomic E-state index is 11.5. The number of aliphatic hydroxyl groups excluding tert-OH is 1. The summed E-state index contributed by atoms with van der Waals surface area (Å²) in [4.78, 5) is 11.5. The lowest BCUT2D eigenvalue weighted by molar-refractivity contribution is 0.0990. The first-order valence-corrected chi connectivity index (χ1v) is 5.67. The minimum atomic E-state index is -0.0776. The van der Waals surface area contributed by atoms with E-state index in [1.165, 1.54) is 0 Å². The van der Waals surface area contributed by atoms with Crippen LogP contribution in [0.3, 0.4) is 0 Å². The monoisotopic (exact) mass is 276 g/mol. The predicted molar refractivity (Wildman–Crippen MR) is 60.1 cm³/mol. The van der Waals surface area contributed by atoms with Crippen molar-refractivity contribution in [3.63, 3.8) is 0 Å². The summed E-state index contributed by atoms with van der Waals surface area (Å²) in [7, 11) is 0. The van der Waals surface area contributed by atoms with E-state index >= 15 is 0 Å². The van der Waals surface area contributed by atoms with E-state index in [1.807, 2.05) is 0 Å². The van der Waals surface area contributed by atoms with Gasteiger partial charge in [0.25, 0.3) is 0 Å². The molecule has 0 aliphatic heterocycles. The summed E-state index contributed by atoms with van der Waals surface area (Å²) >= 11 is 9.06. The molecule has 1 aromatic rings. The molecule has 0 unspecified atom stereocenters. The number of rotatable bonds is 4. The van der Waals surface area contributed by atoms with Gasteiger partial charge < -0.3 is 5.11 Å². The van der Waals surface area contributed by atoms with E-state index in [1.54, 1.807) is 18.2 Å². The van der Waals surface area contributed by atoms with Crippen molar-refractivity contribution in [2.24, 2.45) is 0 Å². The van der Waals surface area contributed by atoms with Crippen molar-refractivity contribution in [2.75, 3.05) is 5.33 Å². The van der Waals surface area contributed by atoms with E-state index in [0.29, 0.717) is 27.9 Å². The number of carbonyl (C=O) groups is 1. The van der Waals surface area contributed by atoms with Crippen molar-refractivity contribution < 1.29 is 9.90 Å². The Labute approximate surface area is 96.0 Å². The van der Waals surface area contributed by atoms with E-state index in [-0.39, 0.29) is 12.4 Å². The molecule has 0 atom stereocenters. The zero-order chi connectivity index (χ0) is 10.6. The summed E-state index contributed by atoms with van der Waals surface area (Å²) in [5.41, 5.74) is 1.19. The summed E-state index contributed by atoms with van der Waals surface area (Å²) in [5, 5.41) is 9.96. The number of alkyl halides is 1. The van der Waals surface area contributed by atoms with Crippen LogP contribution < -0.4 is 0 Å². The van der Waals surface area contributed by atoms with Crippen molar-refractivity contribution in [1.82, 2.24) is 0 Å². The molecule has 0 saturated carbocycles. The highest BCUT2D eigenvalue weighted by Crippen LogP contribution is 2.19. The minimum Gasteiger partial charge on any atom is -0.392 e. The number of aliphatic hydroxyl groups is 1. The molecule has 0 aliphatic rings. The Kier molecular flexibility index (Phi) is 4.58. The number of hydrogen-bond acceptors (Lipinski definition) is 2. The maximum Gasteiger partial charge on any atom is 0.165 e. The molecule has 0 heterocycles. The van der Waals surface area contributed by atoms with Gasteiger partial charge >= 0.3 is 0 Å². The number of Topliss-reactive ketones (excluding diaryl/α,β-unsaturated/α-hetero) is 1. The Morgan fingerprint density at radius 1 is 1.50 bits per heavy atom. The molecule has 0 bridgehead atoms. The first kappa shape index (κ1) is 11.7. The highest BCUT2D eigenvalue weighted by Gasteiger charge is 2.09. The molecule has 1 aromatic carbocycles. The number of hydrogen-bond donors (Lipinski definition) is 1. The molecular formula is C10H10BrClO2. The topological polar surface area (TPSA) is 37.3 Å². The molecule has 0 radical (unpaired) electrons. The molecule has 76 valence electrons. The zero-order valence-electron chi connectivity index (χ0n) is 7.46. The van der Waals surface area contributed by atoms with Gasteiger partial charge in [-0.1, -0.05) is 33.6 Å². The third-order valence-electron chi connectivity index (χ3n) is 1.84. The quantitative estimate of drug-likeness (QED) is 0.679. The highest BCUT2D eigenvalue weighted by atomic mass is 79.9. The highest BCUT2D eigenvalue weighted by molar-refractivity contribution is 9.09. The van der Waals surface area contributed by atoms with Crippen LogP contribution in [-0.4, -0.2) is 16.2 Å². The van der Waals surface area contributed by atoms with Crippen molar-refractivity contribution in [3.8, 4) is 0 Å². The predicted octanol–water partition coefficient (Wildman–Crippen LogP) is 2.80. The SMILES string of the molecule is O=C(CCBr)c1cc(CO)ccc1Cl. The fourth-order valence-electron chi connectivity index (χ4n) is 1.10. The lowest BCUT2D eigenvalue weighted by Gasteiger charge is -2.04. The molecule has 1 N–H and O–H groups in total.